The van der Waals surface area contributed by atoms with Gasteiger partial charge in [0.25, 0.3) is 0 Å². The standard InChI is InChI=1S/C15H19N5O3S/c21-15(19-14-5-6-24(22,23)9-14)17-7-12-3-1-2-4-13(12)8-20-11-16-10-18-20/h1-4,10-11,14H,5-9H2,(H2,17,19,21)/t14-/m0/s1. The smallest absolute Gasteiger partial charge is 0.315 e. The molecule has 2 heterocycles. The Balaban J connectivity index is 1.55. The number of benzene rings is 1. The van der Waals surface area contributed by atoms with Gasteiger partial charge in [-0.15, -0.1) is 0 Å². The molecule has 3 rings (SSSR count). The molecule has 24 heavy (non-hydrogen) atoms. The van der Waals surface area contributed by atoms with Crippen LogP contribution in [0.5, 0.6) is 0 Å². The summed E-state index contributed by atoms with van der Waals surface area (Å²) in [5.41, 5.74) is 2.01. The molecule has 128 valence electrons. The first-order chi connectivity index (χ1) is 11.5. The third-order valence-corrected chi connectivity index (χ3v) is 5.69. The molecule has 8 nitrogen and oxygen atoms in total. The lowest BCUT2D eigenvalue weighted by Crippen LogP contribution is -2.42. The Morgan fingerprint density at radius 2 is 2.08 bits per heavy atom. The van der Waals surface area contributed by atoms with E-state index in [-0.39, 0.29) is 23.6 Å². The van der Waals surface area contributed by atoms with Crippen molar-refractivity contribution in [2.45, 2.75) is 25.6 Å². The van der Waals surface area contributed by atoms with Gasteiger partial charge in [0, 0.05) is 12.6 Å². The summed E-state index contributed by atoms with van der Waals surface area (Å²) in [5.74, 6) is 0.155. The summed E-state index contributed by atoms with van der Waals surface area (Å²) in [7, 11) is -3.00. The molecule has 1 aliphatic heterocycles. The van der Waals surface area contributed by atoms with Crippen molar-refractivity contribution in [2.24, 2.45) is 0 Å². The number of carbonyl (C=O) groups excluding carboxylic acids is 1. The third kappa shape index (κ3) is 4.31. The number of hydrogen-bond acceptors (Lipinski definition) is 5. The minimum absolute atomic E-state index is 0.0172. The lowest BCUT2D eigenvalue weighted by atomic mass is 10.1. The first kappa shape index (κ1) is 16.4. The van der Waals surface area contributed by atoms with Gasteiger partial charge in [-0.05, 0) is 17.5 Å². The molecular formula is C15H19N5O3S. The summed E-state index contributed by atoms with van der Waals surface area (Å²) in [6.07, 6.45) is 3.58. The number of aromatic nitrogens is 3. The Morgan fingerprint density at radius 1 is 1.29 bits per heavy atom. The highest BCUT2D eigenvalue weighted by Crippen LogP contribution is 2.12. The summed E-state index contributed by atoms with van der Waals surface area (Å²) < 4.78 is 24.5. The zero-order chi connectivity index (χ0) is 17.0. The molecule has 9 heteroatoms. The molecule has 0 radical (unpaired) electrons. The average molecular weight is 349 g/mol. The molecule has 0 unspecified atom stereocenters. The molecule has 0 aliphatic carbocycles. The van der Waals surface area contributed by atoms with Crippen LogP contribution in [0, 0.1) is 0 Å². The Bertz CT molecular complexity index is 804. The summed E-state index contributed by atoms with van der Waals surface area (Å²) >= 11 is 0. The van der Waals surface area contributed by atoms with Crippen molar-refractivity contribution in [1.82, 2.24) is 25.4 Å². The number of urea groups is 1. The second-order valence-electron chi connectivity index (χ2n) is 5.79. The SMILES string of the molecule is O=C(NCc1ccccc1Cn1cncn1)N[C@H]1CCS(=O)(=O)C1. The minimum Gasteiger partial charge on any atom is -0.334 e. The third-order valence-electron chi connectivity index (χ3n) is 3.92. The van der Waals surface area contributed by atoms with Gasteiger partial charge < -0.3 is 10.6 Å². The highest BCUT2D eigenvalue weighted by molar-refractivity contribution is 7.91. The first-order valence-electron chi connectivity index (χ1n) is 7.66. The monoisotopic (exact) mass is 349 g/mol. The van der Waals surface area contributed by atoms with Crippen LogP contribution in [0.2, 0.25) is 0 Å². The number of nitrogens with one attached hydrogen (secondary N) is 2. The fourth-order valence-electron chi connectivity index (χ4n) is 2.69. The zero-order valence-electron chi connectivity index (χ0n) is 13.1. The number of hydrogen-bond donors (Lipinski definition) is 2. The van der Waals surface area contributed by atoms with Crippen LogP contribution in [0.15, 0.2) is 36.9 Å². The van der Waals surface area contributed by atoms with E-state index < -0.39 is 9.84 Å². The van der Waals surface area contributed by atoms with Gasteiger partial charge in [-0.25, -0.2) is 22.9 Å². The number of rotatable bonds is 5. The van der Waals surface area contributed by atoms with Crippen molar-refractivity contribution < 1.29 is 13.2 Å². The van der Waals surface area contributed by atoms with E-state index in [2.05, 4.69) is 20.7 Å². The average Bonchev–Trinajstić information content (AvgIpc) is 3.16. The number of sulfone groups is 1. The molecule has 0 spiro atoms. The van der Waals surface area contributed by atoms with Gasteiger partial charge in [-0.3, -0.25) is 0 Å². The normalized spacial score (nSPS) is 19.1. The van der Waals surface area contributed by atoms with Crippen LogP contribution in [0.1, 0.15) is 17.5 Å². The number of amides is 2. The molecule has 1 aliphatic rings. The first-order valence-corrected chi connectivity index (χ1v) is 9.48. The van der Waals surface area contributed by atoms with Crippen LogP contribution in [-0.2, 0) is 22.9 Å². The van der Waals surface area contributed by atoms with Crippen LogP contribution in [-0.4, -0.2) is 46.8 Å². The van der Waals surface area contributed by atoms with E-state index in [1.165, 1.54) is 6.33 Å². The molecule has 1 saturated heterocycles. The Morgan fingerprint density at radius 3 is 2.75 bits per heavy atom. The van der Waals surface area contributed by atoms with E-state index in [4.69, 9.17) is 0 Å². The maximum absolute atomic E-state index is 12.0. The maximum atomic E-state index is 12.0. The quantitative estimate of drug-likeness (QED) is 0.808. The van der Waals surface area contributed by atoms with Gasteiger partial charge in [0.05, 0.1) is 18.1 Å². The second kappa shape index (κ2) is 7.00. The summed E-state index contributed by atoms with van der Waals surface area (Å²) in [4.78, 5) is 15.9. The number of nitrogens with zero attached hydrogens (tertiary/aromatic N) is 3. The van der Waals surface area contributed by atoms with Gasteiger partial charge >= 0.3 is 6.03 Å². The fourth-order valence-corrected chi connectivity index (χ4v) is 4.37. The van der Waals surface area contributed by atoms with Gasteiger partial charge in [0.2, 0.25) is 0 Å². The maximum Gasteiger partial charge on any atom is 0.315 e. The zero-order valence-corrected chi connectivity index (χ0v) is 13.9. The molecule has 1 aromatic heterocycles. The topological polar surface area (TPSA) is 106 Å². The molecule has 1 atom stereocenters. The Kier molecular flexibility index (Phi) is 4.79. The molecule has 1 aromatic carbocycles. The molecular weight excluding hydrogens is 330 g/mol. The summed E-state index contributed by atoms with van der Waals surface area (Å²) in [5, 5.41) is 9.57. The highest BCUT2D eigenvalue weighted by Gasteiger charge is 2.28. The van der Waals surface area contributed by atoms with Crippen molar-refractivity contribution in [3.8, 4) is 0 Å². The van der Waals surface area contributed by atoms with E-state index in [0.29, 0.717) is 19.5 Å². The summed E-state index contributed by atoms with van der Waals surface area (Å²) in [6, 6.07) is 7.09. The van der Waals surface area contributed by atoms with E-state index in [0.717, 1.165) is 11.1 Å². The van der Waals surface area contributed by atoms with E-state index in [9.17, 15) is 13.2 Å². The van der Waals surface area contributed by atoms with Crippen LogP contribution >= 0.6 is 0 Å². The molecule has 1 fully saturated rings. The van der Waals surface area contributed by atoms with Crippen molar-refractivity contribution >= 4 is 15.9 Å². The van der Waals surface area contributed by atoms with Crippen LogP contribution in [0.4, 0.5) is 4.79 Å². The molecule has 0 saturated carbocycles. The molecule has 2 N–H and O–H groups in total. The second-order valence-corrected chi connectivity index (χ2v) is 8.02. The van der Waals surface area contributed by atoms with Crippen molar-refractivity contribution in [3.05, 3.63) is 48.0 Å². The van der Waals surface area contributed by atoms with Crippen molar-refractivity contribution in [2.75, 3.05) is 11.5 Å². The molecule has 2 amide bonds. The predicted molar refractivity (Wildman–Crippen MR) is 88.0 cm³/mol. The van der Waals surface area contributed by atoms with Crippen LogP contribution < -0.4 is 10.6 Å². The minimum atomic E-state index is -3.00. The van der Waals surface area contributed by atoms with E-state index >= 15 is 0 Å². The van der Waals surface area contributed by atoms with Crippen molar-refractivity contribution in [3.63, 3.8) is 0 Å². The lowest BCUT2D eigenvalue weighted by Gasteiger charge is -2.14. The van der Waals surface area contributed by atoms with E-state index in [1.54, 1.807) is 11.0 Å². The van der Waals surface area contributed by atoms with Gasteiger partial charge in [-0.1, -0.05) is 24.3 Å². The lowest BCUT2D eigenvalue weighted by molar-refractivity contribution is 0.237. The largest absolute Gasteiger partial charge is 0.334 e. The Hall–Kier alpha value is -2.42. The number of carbonyl (C=O) groups is 1. The van der Waals surface area contributed by atoms with Gasteiger partial charge in [-0.2, -0.15) is 5.10 Å². The van der Waals surface area contributed by atoms with Crippen LogP contribution in [0.3, 0.4) is 0 Å². The molecule has 0 bridgehead atoms. The van der Waals surface area contributed by atoms with Gasteiger partial charge in [0.1, 0.15) is 12.7 Å². The van der Waals surface area contributed by atoms with Gasteiger partial charge in [0.15, 0.2) is 9.84 Å². The van der Waals surface area contributed by atoms with Crippen LogP contribution in [0.25, 0.3) is 0 Å². The van der Waals surface area contributed by atoms with E-state index in [1.807, 2.05) is 24.3 Å². The molecule has 2 aromatic rings. The van der Waals surface area contributed by atoms with Crippen molar-refractivity contribution in [1.29, 1.82) is 0 Å². The predicted octanol–water partition coefficient (Wildman–Crippen LogP) is 0.313. The Labute approximate surface area is 140 Å². The fraction of sp³-hybridized carbons (Fsp3) is 0.400. The highest BCUT2D eigenvalue weighted by atomic mass is 32.2. The summed E-state index contributed by atoms with van der Waals surface area (Å²) in [6.45, 7) is 0.927.